The summed E-state index contributed by atoms with van der Waals surface area (Å²) in [7, 11) is 0. The average Bonchev–Trinajstić information content (AvgIpc) is 3.08. The van der Waals surface area contributed by atoms with E-state index in [0.29, 0.717) is 6.01 Å². The highest BCUT2D eigenvalue weighted by Crippen LogP contribution is 2.22. The molecular weight excluding hydrogens is 338 g/mol. The van der Waals surface area contributed by atoms with Crippen LogP contribution >= 0.6 is 0 Å². The Morgan fingerprint density at radius 1 is 1.08 bits per heavy atom. The third-order valence-electron chi connectivity index (χ3n) is 3.59. The second kappa shape index (κ2) is 9.76. The zero-order valence-electron chi connectivity index (χ0n) is 14.1. The molecule has 132 valence electrons. The molecule has 3 aromatic rings. The summed E-state index contributed by atoms with van der Waals surface area (Å²) in [5.74, 6) is 0.719. The SMILES string of the molecule is CCCCNCc1cccc(Oc2nnnn2-c2ccccc2)c1.[Cl-]. The van der Waals surface area contributed by atoms with Gasteiger partial charge < -0.3 is 22.5 Å². The molecule has 0 aliphatic carbocycles. The minimum atomic E-state index is 0. The predicted octanol–water partition coefficient (Wildman–Crippen LogP) is 0.348. The Balaban J connectivity index is 0.00000225. The molecular formula is C18H21ClN5O-. The van der Waals surface area contributed by atoms with Gasteiger partial charge >= 0.3 is 6.01 Å². The quantitative estimate of drug-likeness (QED) is 0.589. The lowest BCUT2D eigenvalue weighted by atomic mass is 10.2. The summed E-state index contributed by atoms with van der Waals surface area (Å²) >= 11 is 0. The molecule has 7 heteroatoms. The summed E-state index contributed by atoms with van der Waals surface area (Å²) in [6.45, 7) is 4.03. The summed E-state index contributed by atoms with van der Waals surface area (Å²) in [5, 5.41) is 15.1. The van der Waals surface area contributed by atoms with E-state index in [1.807, 2.05) is 48.5 Å². The van der Waals surface area contributed by atoms with Crippen LogP contribution in [0.3, 0.4) is 0 Å². The highest BCUT2D eigenvalue weighted by Gasteiger charge is 2.10. The molecule has 1 heterocycles. The van der Waals surface area contributed by atoms with Gasteiger partial charge in [-0.2, -0.15) is 4.68 Å². The smallest absolute Gasteiger partial charge is 0.345 e. The topological polar surface area (TPSA) is 64.9 Å². The number of nitrogens with one attached hydrogen (secondary N) is 1. The van der Waals surface area contributed by atoms with Crippen molar-refractivity contribution in [3.8, 4) is 17.4 Å². The zero-order valence-corrected chi connectivity index (χ0v) is 14.9. The summed E-state index contributed by atoms with van der Waals surface area (Å²) in [5.41, 5.74) is 2.03. The van der Waals surface area contributed by atoms with Crippen LogP contribution in [0.25, 0.3) is 5.69 Å². The van der Waals surface area contributed by atoms with E-state index in [1.54, 1.807) is 4.68 Å². The van der Waals surface area contributed by atoms with Gasteiger partial charge in [-0.25, -0.2) is 0 Å². The van der Waals surface area contributed by atoms with Gasteiger partial charge in [0.25, 0.3) is 0 Å². The summed E-state index contributed by atoms with van der Waals surface area (Å²) in [4.78, 5) is 0. The number of tetrazole rings is 1. The third kappa shape index (κ3) is 5.27. The fourth-order valence-electron chi connectivity index (χ4n) is 2.33. The molecule has 0 bridgehead atoms. The van der Waals surface area contributed by atoms with Gasteiger partial charge in [0.05, 0.1) is 5.69 Å². The van der Waals surface area contributed by atoms with Crippen molar-refractivity contribution in [1.29, 1.82) is 0 Å². The monoisotopic (exact) mass is 358 g/mol. The fourth-order valence-corrected chi connectivity index (χ4v) is 2.33. The van der Waals surface area contributed by atoms with Crippen LogP contribution in [0, 0.1) is 0 Å². The molecule has 3 rings (SSSR count). The Kier molecular flexibility index (Phi) is 7.37. The van der Waals surface area contributed by atoms with Crippen molar-refractivity contribution in [2.75, 3.05) is 6.54 Å². The number of ether oxygens (including phenoxy) is 1. The van der Waals surface area contributed by atoms with Crippen LogP contribution in [-0.4, -0.2) is 26.8 Å². The van der Waals surface area contributed by atoms with Crippen molar-refractivity contribution in [2.24, 2.45) is 0 Å². The van der Waals surface area contributed by atoms with Gasteiger partial charge in [-0.15, -0.1) is 0 Å². The first kappa shape index (κ1) is 18.9. The van der Waals surface area contributed by atoms with Gasteiger partial charge in [0.1, 0.15) is 5.75 Å². The Morgan fingerprint density at radius 3 is 2.72 bits per heavy atom. The number of para-hydroxylation sites is 1. The standard InChI is InChI=1S/C18H21N5O.ClH/c1-2-3-12-19-14-15-8-7-11-17(13-15)24-18-20-21-22-23(18)16-9-5-4-6-10-16;/h4-11,13,19H,2-3,12,14H2,1H3;1H/p-1. The van der Waals surface area contributed by atoms with Crippen LogP contribution in [0.15, 0.2) is 54.6 Å². The van der Waals surface area contributed by atoms with E-state index in [-0.39, 0.29) is 12.4 Å². The Hall–Kier alpha value is -2.44. The number of hydrogen-bond acceptors (Lipinski definition) is 5. The second-order valence-electron chi connectivity index (χ2n) is 5.49. The van der Waals surface area contributed by atoms with Crippen LogP contribution in [0.4, 0.5) is 0 Å². The molecule has 0 fully saturated rings. The lowest BCUT2D eigenvalue weighted by Crippen LogP contribution is -3.00. The van der Waals surface area contributed by atoms with Crippen molar-refractivity contribution in [3.05, 3.63) is 60.2 Å². The first-order valence-electron chi connectivity index (χ1n) is 8.18. The van der Waals surface area contributed by atoms with Crippen LogP contribution < -0.4 is 22.5 Å². The maximum Gasteiger partial charge on any atom is 0.345 e. The van der Waals surface area contributed by atoms with E-state index in [2.05, 4.69) is 33.8 Å². The number of rotatable bonds is 8. The zero-order chi connectivity index (χ0) is 16.6. The maximum atomic E-state index is 5.87. The van der Waals surface area contributed by atoms with Gasteiger partial charge in [-0.1, -0.05) is 48.8 Å². The van der Waals surface area contributed by atoms with Crippen molar-refractivity contribution >= 4 is 0 Å². The molecule has 0 unspecified atom stereocenters. The van der Waals surface area contributed by atoms with Gasteiger partial charge in [0, 0.05) is 6.54 Å². The first-order chi connectivity index (χ1) is 11.9. The number of benzene rings is 2. The molecule has 25 heavy (non-hydrogen) atoms. The van der Waals surface area contributed by atoms with Crippen molar-refractivity contribution < 1.29 is 17.1 Å². The van der Waals surface area contributed by atoms with E-state index in [1.165, 1.54) is 18.4 Å². The predicted molar refractivity (Wildman–Crippen MR) is 92.3 cm³/mol. The lowest BCUT2D eigenvalue weighted by molar-refractivity contribution is -0.00000577. The molecule has 0 atom stereocenters. The normalized spacial score (nSPS) is 10.3. The summed E-state index contributed by atoms with van der Waals surface area (Å²) < 4.78 is 7.45. The Morgan fingerprint density at radius 2 is 1.92 bits per heavy atom. The lowest BCUT2D eigenvalue weighted by Gasteiger charge is -2.08. The molecule has 0 radical (unpaired) electrons. The van der Waals surface area contributed by atoms with Crippen molar-refractivity contribution in [3.63, 3.8) is 0 Å². The summed E-state index contributed by atoms with van der Waals surface area (Å²) in [6, 6.07) is 18.0. The fraction of sp³-hybridized carbons (Fsp3) is 0.278. The van der Waals surface area contributed by atoms with Gasteiger partial charge in [0.15, 0.2) is 0 Å². The van der Waals surface area contributed by atoms with Crippen LogP contribution in [-0.2, 0) is 6.54 Å². The van der Waals surface area contributed by atoms with E-state index in [0.717, 1.165) is 24.5 Å². The van der Waals surface area contributed by atoms with Crippen LogP contribution in [0.2, 0.25) is 0 Å². The van der Waals surface area contributed by atoms with E-state index in [9.17, 15) is 0 Å². The molecule has 1 N–H and O–H groups in total. The van der Waals surface area contributed by atoms with E-state index in [4.69, 9.17) is 4.74 Å². The minimum Gasteiger partial charge on any atom is -1.00 e. The van der Waals surface area contributed by atoms with Gasteiger partial charge in [-0.05, 0) is 53.2 Å². The Bertz CT molecular complexity index is 763. The first-order valence-corrected chi connectivity index (χ1v) is 8.18. The summed E-state index contributed by atoms with van der Waals surface area (Å²) in [6.07, 6.45) is 2.38. The van der Waals surface area contributed by atoms with Gasteiger partial charge in [0.2, 0.25) is 0 Å². The average molecular weight is 359 g/mol. The minimum absolute atomic E-state index is 0. The maximum absolute atomic E-state index is 5.87. The molecule has 6 nitrogen and oxygen atoms in total. The number of unbranched alkanes of at least 4 members (excludes halogenated alkanes) is 1. The van der Waals surface area contributed by atoms with Gasteiger partial charge in [-0.3, -0.25) is 0 Å². The molecule has 0 aliphatic heterocycles. The molecule has 0 saturated carbocycles. The molecule has 0 aliphatic rings. The van der Waals surface area contributed by atoms with E-state index < -0.39 is 0 Å². The second-order valence-corrected chi connectivity index (χ2v) is 5.49. The molecule has 1 aromatic heterocycles. The molecule has 0 amide bonds. The highest BCUT2D eigenvalue weighted by atomic mass is 35.5. The molecule has 0 saturated heterocycles. The third-order valence-corrected chi connectivity index (χ3v) is 3.59. The Labute approximate surface area is 153 Å². The van der Waals surface area contributed by atoms with E-state index >= 15 is 0 Å². The number of hydrogen-bond donors (Lipinski definition) is 1. The number of nitrogens with zero attached hydrogens (tertiary/aromatic N) is 4. The number of aromatic nitrogens is 4. The molecule has 0 spiro atoms. The number of halogens is 1. The van der Waals surface area contributed by atoms with Crippen LogP contribution in [0.1, 0.15) is 25.3 Å². The van der Waals surface area contributed by atoms with Crippen molar-refractivity contribution in [1.82, 2.24) is 25.5 Å². The molecule has 2 aromatic carbocycles. The highest BCUT2D eigenvalue weighted by molar-refractivity contribution is 5.34. The largest absolute Gasteiger partial charge is 1.00 e. The van der Waals surface area contributed by atoms with Crippen LogP contribution in [0.5, 0.6) is 11.8 Å². The van der Waals surface area contributed by atoms with Crippen molar-refractivity contribution in [2.45, 2.75) is 26.3 Å².